The molecule has 0 atom stereocenters. The van der Waals surface area contributed by atoms with Crippen LogP contribution in [0.15, 0.2) is 15.5 Å². The van der Waals surface area contributed by atoms with Crippen molar-refractivity contribution in [3.63, 3.8) is 0 Å². The summed E-state index contributed by atoms with van der Waals surface area (Å²) < 4.78 is 30.3. The molecular formula is C49H91N3O8S3. The van der Waals surface area contributed by atoms with Gasteiger partial charge >= 0.3 is 0 Å². The molecule has 1 aromatic rings. The van der Waals surface area contributed by atoms with Crippen LogP contribution in [0.3, 0.4) is 0 Å². The van der Waals surface area contributed by atoms with Gasteiger partial charge in [-0.1, -0.05) is 138 Å². The number of aldehydes is 1. The molecule has 1 heterocycles. The molecule has 63 heavy (non-hydrogen) atoms. The van der Waals surface area contributed by atoms with E-state index in [4.69, 9.17) is 23.7 Å². The Morgan fingerprint density at radius 3 is 1.13 bits per heavy atom. The lowest BCUT2D eigenvalue weighted by atomic mass is 9.82. The number of thioether (sulfide) groups is 3. The first-order chi connectivity index (χ1) is 29.9. The number of ether oxygens (including phenoxy) is 5. The first kappa shape index (κ1) is 61.9. The van der Waals surface area contributed by atoms with Crippen LogP contribution in [0, 0.1) is 5.41 Å². The number of hydrogen-bond acceptors (Lipinski definition) is 14. The van der Waals surface area contributed by atoms with E-state index in [1.165, 1.54) is 54.5 Å². The Bertz CT molecular complexity index is 1300. The van der Waals surface area contributed by atoms with E-state index < -0.39 is 11.2 Å². The maximum absolute atomic E-state index is 13.6. The predicted molar refractivity (Wildman–Crippen MR) is 265 cm³/mol. The average Bonchev–Trinajstić information content (AvgIpc) is 3.32. The summed E-state index contributed by atoms with van der Waals surface area (Å²) in [6, 6.07) is 0. The Kier molecular flexibility index (Phi) is 31.2. The van der Waals surface area contributed by atoms with E-state index in [9.17, 15) is 14.4 Å². The second-order valence-corrected chi connectivity index (χ2v) is 20.0. The summed E-state index contributed by atoms with van der Waals surface area (Å²) >= 11 is 3.62. The molecule has 0 bridgehead atoms. The Hall–Kier alpha value is -1.13. The zero-order chi connectivity index (χ0) is 48.2. The Labute approximate surface area is 397 Å². The van der Waals surface area contributed by atoms with Gasteiger partial charge < -0.3 is 28.5 Å². The lowest BCUT2D eigenvalue weighted by Crippen LogP contribution is -2.43. The molecule has 0 fully saturated rings. The maximum Gasteiger partial charge on any atom is 0.193 e. The molecular weight excluding hydrogens is 855 g/mol. The van der Waals surface area contributed by atoms with Crippen molar-refractivity contribution in [2.75, 3.05) is 51.3 Å². The van der Waals surface area contributed by atoms with Crippen molar-refractivity contribution < 1.29 is 38.1 Å². The third-order valence-electron chi connectivity index (χ3n) is 14.5. The Balaban J connectivity index is 0.00000216. The summed E-state index contributed by atoms with van der Waals surface area (Å²) in [5, 5.41) is 1.09. The molecule has 0 unspecified atom stereocenters. The second-order valence-electron chi connectivity index (χ2n) is 17.1. The van der Waals surface area contributed by atoms with Gasteiger partial charge in [-0.15, -0.1) is 0 Å². The number of rotatable bonds is 37. The summed E-state index contributed by atoms with van der Waals surface area (Å²) in [6.45, 7) is 31.6. The molecule has 1 rings (SSSR count). The lowest BCUT2D eigenvalue weighted by molar-refractivity contribution is -0.147. The first-order valence-corrected chi connectivity index (χ1v) is 27.0. The summed E-state index contributed by atoms with van der Waals surface area (Å²) in [5.41, 5.74) is -1.78. The summed E-state index contributed by atoms with van der Waals surface area (Å²) in [6.07, 6.45) is 13.8. The quantitative estimate of drug-likeness (QED) is 0.0462. The number of aromatic nitrogens is 3. The van der Waals surface area contributed by atoms with E-state index in [0.717, 1.165) is 51.4 Å². The summed E-state index contributed by atoms with van der Waals surface area (Å²) in [4.78, 5) is 52.0. The molecule has 0 radical (unpaired) electrons. The molecule has 14 heteroatoms. The van der Waals surface area contributed by atoms with Crippen molar-refractivity contribution >= 4 is 53.1 Å². The van der Waals surface area contributed by atoms with Gasteiger partial charge in [-0.25, -0.2) is 0 Å². The smallest absolute Gasteiger partial charge is 0.193 e. The van der Waals surface area contributed by atoms with Crippen molar-refractivity contribution in [3.05, 3.63) is 0 Å². The molecule has 0 saturated carbocycles. The summed E-state index contributed by atoms with van der Waals surface area (Å²) in [5.74, 6) is 0.349. The minimum absolute atomic E-state index is 0.0307. The molecule has 1 aromatic heterocycles. The van der Waals surface area contributed by atoms with Crippen LogP contribution in [0.1, 0.15) is 193 Å². The van der Waals surface area contributed by atoms with Crippen LogP contribution in [0.25, 0.3) is 0 Å². The second kappa shape index (κ2) is 31.8. The van der Waals surface area contributed by atoms with Gasteiger partial charge in [0.05, 0.1) is 47.3 Å². The molecule has 0 saturated heterocycles. The first-order valence-electron chi connectivity index (χ1n) is 24.1. The number of carbonyl (C=O) groups excluding carboxylic acids is 3. The maximum atomic E-state index is 13.6. The van der Waals surface area contributed by atoms with E-state index in [1.807, 2.05) is 27.7 Å². The van der Waals surface area contributed by atoms with Crippen LogP contribution in [0.2, 0.25) is 0 Å². The summed E-state index contributed by atoms with van der Waals surface area (Å²) in [7, 11) is 3.46. The van der Waals surface area contributed by atoms with Gasteiger partial charge in [-0.2, -0.15) is 15.0 Å². The molecule has 0 N–H and O–H groups in total. The van der Waals surface area contributed by atoms with Crippen LogP contribution in [0.4, 0.5) is 0 Å². The molecule has 11 nitrogen and oxygen atoms in total. The van der Waals surface area contributed by atoms with E-state index in [0.29, 0.717) is 72.6 Å². The predicted octanol–water partition coefficient (Wildman–Crippen LogP) is 12.6. The minimum atomic E-state index is -0.916. The monoisotopic (exact) mass is 946 g/mol. The number of ketones is 2. The fourth-order valence-electron chi connectivity index (χ4n) is 7.46. The number of hydrogen-bond donors (Lipinski definition) is 0. The molecule has 0 aliphatic rings. The molecule has 0 spiro atoms. The topological polar surface area (TPSA) is 136 Å². The van der Waals surface area contributed by atoms with E-state index in [-0.39, 0.29) is 45.6 Å². The van der Waals surface area contributed by atoms with Crippen LogP contribution in [-0.4, -0.2) is 112 Å². The van der Waals surface area contributed by atoms with Gasteiger partial charge in [0, 0.05) is 20.8 Å². The normalized spacial score (nSPS) is 12.9. The molecule has 368 valence electrons. The van der Waals surface area contributed by atoms with Gasteiger partial charge in [0.25, 0.3) is 0 Å². The van der Waals surface area contributed by atoms with Crippen molar-refractivity contribution in [1.29, 1.82) is 0 Å². The number of carbonyl (C=O) groups is 3. The Morgan fingerprint density at radius 1 is 0.492 bits per heavy atom. The highest BCUT2D eigenvalue weighted by atomic mass is 32.2. The van der Waals surface area contributed by atoms with Gasteiger partial charge in [0.1, 0.15) is 17.5 Å². The van der Waals surface area contributed by atoms with Gasteiger partial charge in [-0.3, -0.25) is 9.59 Å². The van der Waals surface area contributed by atoms with E-state index in [2.05, 4.69) is 84.2 Å². The molecule has 0 amide bonds. The number of methoxy groups -OCH3 is 2. The highest BCUT2D eigenvalue weighted by Gasteiger charge is 2.38. The van der Waals surface area contributed by atoms with Crippen molar-refractivity contribution in [1.82, 2.24) is 15.0 Å². The van der Waals surface area contributed by atoms with E-state index in [1.54, 1.807) is 14.2 Å². The molecule has 0 aliphatic heterocycles. The van der Waals surface area contributed by atoms with E-state index >= 15 is 0 Å². The van der Waals surface area contributed by atoms with Crippen molar-refractivity contribution in [2.24, 2.45) is 5.41 Å². The average molecular weight is 946 g/mol. The van der Waals surface area contributed by atoms with Crippen molar-refractivity contribution in [2.45, 2.75) is 237 Å². The highest BCUT2D eigenvalue weighted by molar-refractivity contribution is 8.01. The zero-order valence-electron chi connectivity index (χ0n) is 42.8. The fourth-order valence-corrected chi connectivity index (χ4v) is 9.80. The van der Waals surface area contributed by atoms with Gasteiger partial charge in [0.15, 0.2) is 27.0 Å². The zero-order valence-corrected chi connectivity index (χ0v) is 45.2. The standard InChI is InChI=1S/C35H61N3O7S3.C14H30O/c1-11-32(12-2,42-9)19-22-44-34(15-5,16-6)27(40)25-47-30-36-29(46-24-21-39)37-31(38-30)48-26-28(41)35(17-7,18-8)45-23-20-33(13-3,14-4)43-10;1-7-13(5,8-2)11-12-15-14(6,9-3)10-4/h21H,11-20,22-26H2,1-10H3;7-12H2,1-6H3. The third kappa shape index (κ3) is 19.9. The molecule has 0 aliphatic carbocycles. The van der Waals surface area contributed by atoms with Crippen LogP contribution < -0.4 is 0 Å². The SMILES string of the molecule is CCC(C)(CC)CCOC(C)(CC)CC.CCC(CC)(CCOC(CC)(CC)C(=O)CSc1nc(SCC=O)nc(SCC(=O)C(CC)(CC)OCCC(CC)(CC)OC)n1)OC. The van der Waals surface area contributed by atoms with Crippen LogP contribution >= 0.6 is 35.3 Å². The van der Waals surface area contributed by atoms with Crippen molar-refractivity contribution in [3.8, 4) is 0 Å². The van der Waals surface area contributed by atoms with Gasteiger partial charge in [-0.05, 0) is 95.8 Å². The number of Topliss-reactive ketones (excluding diaryl/α,β-unsaturated/α-hetero) is 2. The highest BCUT2D eigenvalue weighted by Crippen LogP contribution is 2.33. The Morgan fingerprint density at radius 2 is 0.841 bits per heavy atom. The lowest BCUT2D eigenvalue weighted by Gasteiger charge is -2.34. The minimum Gasteiger partial charge on any atom is -0.378 e. The molecule has 0 aromatic carbocycles. The van der Waals surface area contributed by atoms with Gasteiger partial charge in [0.2, 0.25) is 0 Å². The van der Waals surface area contributed by atoms with Crippen LogP contribution in [0.5, 0.6) is 0 Å². The van der Waals surface area contributed by atoms with Crippen LogP contribution in [-0.2, 0) is 38.1 Å². The third-order valence-corrected chi connectivity index (χ3v) is 16.9. The fraction of sp³-hybridized carbons (Fsp3) is 0.878. The largest absolute Gasteiger partial charge is 0.378 e. The number of nitrogens with zero attached hydrogens (tertiary/aromatic N) is 3.